The van der Waals surface area contributed by atoms with Crippen molar-refractivity contribution in [2.24, 2.45) is 5.92 Å². The van der Waals surface area contributed by atoms with Crippen LogP contribution in [-0.4, -0.2) is 35.7 Å². The minimum Gasteiger partial charge on any atom is -0.493 e. The Bertz CT molecular complexity index is 1210. The lowest BCUT2D eigenvalue weighted by atomic mass is 9.84. The van der Waals surface area contributed by atoms with Gasteiger partial charge >= 0.3 is 5.97 Å². The number of aryl methyl sites for hydroxylation is 2. The third-order valence-electron chi connectivity index (χ3n) is 8.43. The SMILES string of the molecule is O=C(O)CCCCN(CCc1ccccc1OC[C@@H]1CCc2ccccc2C1)C1CCCc2ccccc21. The van der Waals surface area contributed by atoms with Gasteiger partial charge in [0, 0.05) is 19.0 Å². The Morgan fingerprint density at radius 2 is 1.61 bits per heavy atom. The lowest BCUT2D eigenvalue weighted by Crippen LogP contribution is -2.34. The highest BCUT2D eigenvalue weighted by Crippen LogP contribution is 2.35. The van der Waals surface area contributed by atoms with Gasteiger partial charge in [-0.05, 0) is 104 Å². The van der Waals surface area contributed by atoms with E-state index in [0.29, 0.717) is 12.0 Å². The van der Waals surface area contributed by atoms with Gasteiger partial charge in [0.15, 0.2) is 0 Å². The van der Waals surface area contributed by atoms with Crippen molar-refractivity contribution >= 4 is 5.97 Å². The number of carboxylic acid groups (broad SMARTS) is 1. The maximum Gasteiger partial charge on any atom is 0.303 e. The molecule has 0 saturated heterocycles. The van der Waals surface area contributed by atoms with Crippen molar-refractivity contribution in [1.29, 1.82) is 0 Å². The summed E-state index contributed by atoms with van der Waals surface area (Å²) in [5.74, 6) is 0.871. The highest BCUT2D eigenvalue weighted by molar-refractivity contribution is 5.66. The summed E-state index contributed by atoms with van der Waals surface area (Å²) in [5.41, 5.74) is 7.17. The molecule has 1 unspecified atom stereocenters. The second kappa shape index (κ2) is 13.1. The maximum atomic E-state index is 11.1. The Morgan fingerprint density at radius 3 is 2.47 bits per heavy atom. The number of hydrogen-bond donors (Lipinski definition) is 1. The van der Waals surface area contributed by atoms with Crippen molar-refractivity contribution in [3.63, 3.8) is 0 Å². The molecule has 3 aromatic carbocycles. The maximum absolute atomic E-state index is 11.1. The molecule has 0 bridgehead atoms. The summed E-state index contributed by atoms with van der Waals surface area (Å²) >= 11 is 0. The van der Waals surface area contributed by atoms with Crippen LogP contribution >= 0.6 is 0 Å². The van der Waals surface area contributed by atoms with Gasteiger partial charge in [0.25, 0.3) is 0 Å². The summed E-state index contributed by atoms with van der Waals surface area (Å²) in [4.78, 5) is 13.7. The third-order valence-corrected chi connectivity index (χ3v) is 8.43. The number of para-hydroxylation sites is 1. The summed E-state index contributed by atoms with van der Waals surface area (Å²) in [6.45, 7) is 2.64. The molecule has 0 heterocycles. The minimum atomic E-state index is -0.702. The van der Waals surface area contributed by atoms with E-state index in [1.807, 2.05) is 0 Å². The van der Waals surface area contributed by atoms with Crippen molar-refractivity contribution in [1.82, 2.24) is 4.90 Å². The van der Waals surface area contributed by atoms with Crippen LogP contribution < -0.4 is 4.74 Å². The Hall–Kier alpha value is -3.11. The minimum absolute atomic E-state index is 0.247. The zero-order chi connectivity index (χ0) is 26.2. The molecule has 0 aliphatic heterocycles. The molecule has 3 aromatic rings. The van der Waals surface area contributed by atoms with E-state index in [9.17, 15) is 4.79 Å². The lowest BCUT2D eigenvalue weighted by Gasteiger charge is -2.36. The molecule has 0 amide bonds. The molecule has 2 atom stereocenters. The number of carboxylic acids is 1. The van der Waals surface area contributed by atoms with Crippen molar-refractivity contribution in [3.05, 3.63) is 101 Å². The molecule has 0 radical (unpaired) electrons. The number of carbonyl (C=O) groups is 1. The molecule has 4 nitrogen and oxygen atoms in total. The Labute approximate surface area is 227 Å². The predicted molar refractivity (Wildman–Crippen MR) is 153 cm³/mol. The largest absolute Gasteiger partial charge is 0.493 e. The molecule has 5 rings (SSSR count). The van der Waals surface area contributed by atoms with E-state index in [2.05, 4.69) is 77.7 Å². The van der Waals surface area contributed by atoms with Crippen LogP contribution in [-0.2, 0) is 30.5 Å². The fraction of sp³-hybridized carbons (Fsp3) is 0.441. The van der Waals surface area contributed by atoms with Crippen LogP contribution in [0.1, 0.15) is 72.4 Å². The van der Waals surface area contributed by atoms with Crippen molar-refractivity contribution in [3.8, 4) is 5.75 Å². The molecule has 0 saturated carbocycles. The van der Waals surface area contributed by atoms with Crippen LogP contribution in [0, 0.1) is 5.92 Å². The van der Waals surface area contributed by atoms with Crippen LogP contribution in [0.2, 0.25) is 0 Å². The molecule has 200 valence electrons. The summed E-state index contributed by atoms with van der Waals surface area (Å²) < 4.78 is 6.47. The molecule has 0 fully saturated rings. The molecule has 0 aromatic heterocycles. The first-order chi connectivity index (χ1) is 18.7. The van der Waals surface area contributed by atoms with Crippen molar-refractivity contribution in [2.75, 3.05) is 19.7 Å². The summed E-state index contributed by atoms with van der Waals surface area (Å²) in [5, 5.41) is 9.11. The zero-order valence-corrected chi connectivity index (χ0v) is 22.5. The first kappa shape index (κ1) is 26.5. The summed E-state index contributed by atoms with van der Waals surface area (Å²) in [6.07, 6.45) is 9.77. The topological polar surface area (TPSA) is 49.8 Å². The Kier molecular flexibility index (Phi) is 9.14. The van der Waals surface area contributed by atoms with E-state index in [0.717, 1.165) is 70.4 Å². The normalized spacial score (nSPS) is 18.6. The van der Waals surface area contributed by atoms with Gasteiger partial charge in [0.05, 0.1) is 6.61 Å². The molecule has 0 spiro atoms. The highest BCUT2D eigenvalue weighted by atomic mass is 16.5. The van der Waals surface area contributed by atoms with Crippen LogP contribution in [0.3, 0.4) is 0 Å². The second-order valence-electron chi connectivity index (χ2n) is 11.0. The van der Waals surface area contributed by atoms with Gasteiger partial charge in [-0.1, -0.05) is 66.7 Å². The van der Waals surface area contributed by atoms with Crippen LogP contribution in [0.4, 0.5) is 0 Å². The molecule has 2 aliphatic rings. The molecule has 38 heavy (non-hydrogen) atoms. The van der Waals surface area contributed by atoms with Gasteiger partial charge in [-0.15, -0.1) is 0 Å². The van der Waals surface area contributed by atoms with Crippen LogP contribution in [0.25, 0.3) is 0 Å². The monoisotopic (exact) mass is 511 g/mol. The van der Waals surface area contributed by atoms with Gasteiger partial charge in [0.1, 0.15) is 5.75 Å². The van der Waals surface area contributed by atoms with Crippen molar-refractivity contribution < 1.29 is 14.6 Å². The average molecular weight is 512 g/mol. The first-order valence-corrected chi connectivity index (χ1v) is 14.5. The molecule has 2 aliphatic carbocycles. The zero-order valence-electron chi connectivity index (χ0n) is 22.5. The highest BCUT2D eigenvalue weighted by Gasteiger charge is 2.26. The quantitative estimate of drug-likeness (QED) is 0.265. The number of fused-ring (bicyclic) bond motifs is 2. The third kappa shape index (κ3) is 6.85. The fourth-order valence-electron chi connectivity index (χ4n) is 6.36. The fourth-order valence-corrected chi connectivity index (χ4v) is 6.36. The van der Waals surface area contributed by atoms with Gasteiger partial charge in [-0.2, -0.15) is 0 Å². The van der Waals surface area contributed by atoms with Crippen molar-refractivity contribution in [2.45, 2.75) is 70.3 Å². The molecule has 4 heteroatoms. The van der Waals surface area contributed by atoms with E-state index in [1.165, 1.54) is 40.7 Å². The standard InChI is InChI=1S/C34H41NO3/c36-34(37)18-7-8-22-35(32-16-9-14-28-11-3-5-15-31(28)32)23-21-29-12-4-6-17-33(29)38-25-26-19-20-27-10-1-2-13-30(27)24-26/h1-6,10-13,15,17,26,32H,7-9,14,16,18-25H2,(H,36,37)/t26-,32?/m1/s1. The number of nitrogens with zero attached hydrogens (tertiary/aromatic N) is 1. The number of benzene rings is 3. The second-order valence-corrected chi connectivity index (χ2v) is 11.0. The first-order valence-electron chi connectivity index (χ1n) is 14.5. The van der Waals surface area contributed by atoms with Crippen LogP contribution in [0.5, 0.6) is 5.75 Å². The van der Waals surface area contributed by atoms with Gasteiger partial charge in [-0.3, -0.25) is 9.69 Å². The van der Waals surface area contributed by atoms with Gasteiger partial charge in [0.2, 0.25) is 0 Å². The van der Waals surface area contributed by atoms with Gasteiger partial charge < -0.3 is 9.84 Å². The van der Waals surface area contributed by atoms with Gasteiger partial charge in [-0.25, -0.2) is 0 Å². The summed E-state index contributed by atoms with van der Waals surface area (Å²) in [6, 6.07) is 26.6. The number of ether oxygens (including phenoxy) is 1. The molecule has 1 N–H and O–H groups in total. The lowest BCUT2D eigenvalue weighted by molar-refractivity contribution is -0.137. The van der Waals surface area contributed by atoms with E-state index >= 15 is 0 Å². The van der Waals surface area contributed by atoms with E-state index in [-0.39, 0.29) is 6.42 Å². The van der Waals surface area contributed by atoms with Crippen LogP contribution in [0.15, 0.2) is 72.8 Å². The Balaban J connectivity index is 1.23. The predicted octanol–water partition coefficient (Wildman–Crippen LogP) is 7.05. The smallest absolute Gasteiger partial charge is 0.303 e. The van der Waals surface area contributed by atoms with E-state index in [1.54, 1.807) is 0 Å². The average Bonchev–Trinajstić information content (AvgIpc) is 2.95. The number of hydrogen-bond acceptors (Lipinski definition) is 3. The van der Waals surface area contributed by atoms with E-state index < -0.39 is 5.97 Å². The van der Waals surface area contributed by atoms with E-state index in [4.69, 9.17) is 9.84 Å². The summed E-state index contributed by atoms with van der Waals surface area (Å²) in [7, 11) is 0. The number of unbranched alkanes of at least 4 members (excludes halogenated alkanes) is 1. The number of aliphatic carboxylic acids is 1. The Morgan fingerprint density at radius 1 is 0.842 bits per heavy atom. The number of rotatable bonds is 12. The molecular weight excluding hydrogens is 470 g/mol. The molecular formula is C34H41NO3.